The zero-order valence-corrected chi connectivity index (χ0v) is 11.6. The molecule has 2 N–H and O–H groups in total. The number of nitrogens with zero attached hydrogens (tertiary/aromatic N) is 2. The molecule has 0 unspecified atom stereocenters. The Balaban J connectivity index is 2.22. The van der Waals surface area contributed by atoms with Gasteiger partial charge in [0.05, 0.1) is 5.02 Å². The van der Waals surface area contributed by atoms with Gasteiger partial charge in [-0.3, -0.25) is 0 Å². The second-order valence-corrected chi connectivity index (χ2v) is 5.28. The quantitative estimate of drug-likeness (QED) is 0.934. The lowest BCUT2D eigenvalue weighted by Gasteiger charge is -2.07. The molecular weight excluding hydrogens is 266 g/mol. The number of aryl methyl sites for hydroxylation is 1. The Morgan fingerprint density at radius 2 is 2.17 bits per heavy atom. The van der Waals surface area contributed by atoms with Crippen LogP contribution in [0, 0.1) is 6.92 Å². The molecule has 0 radical (unpaired) electrons. The molecule has 0 aliphatic rings. The first-order chi connectivity index (χ1) is 8.70. The molecule has 0 saturated heterocycles. The van der Waals surface area contributed by atoms with E-state index in [9.17, 15) is 0 Å². The van der Waals surface area contributed by atoms with Crippen molar-refractivity contribution in [1.29, 1.82) is 0 Å². The molecule has 2 heterocycles. The Labute approximate surface area is 116 Å². The summed E-state index contributed by atoms with van der Waals surface area (Å²) in [6.45, 7) is 2.67. The standard InChI is InChI=1S/C13H14ClN3S/c1-9-7-10(4-5-15)8-17-12(9)18-13-11(14)3-2-6-16-13/h2-3,6-8H,4-5,15H2,1H3. The molecule has 2 aromatic rings. The van der Waals surface area contributed by atoms with E-state index < -0.39 is 0 Å². The fourth-order valence-corrected chi connectivity index (χ4v) is 2.59. The minimum Gasteiger partial charge on any atom is -0.330 e. The van der Waals surface area contributed by atoms with Crippen LogP contribution in [-0.2, 0) is 6.42 Å². The summed E-state index contributed by atoms with van der Waals surface area (Å²) >= 11 is 7.56. The Morgan fingerprint density at radius 3 is 2.83 bits per heavy atom. The van der Waals surface area contributed by atoms with Crippen LogP contribution in [0.3, 0.4) is 0 Å². The van der Waals surface area contributed by atoms with E-state index in [1.54, 1.807) is 6.20 Å². The molecule has 18 heavy (non-hydrogen) atoms. The van der Waals surface area contributed by atoms with Gasteiger partial charge < -0.3 is 5.73 Å². The number of aromatic nitrogens is 2. The van der Waals surface area contributed by atoms with E-state index in [0.717, 1.165) is 27.6 Å². The fraction of sp³-hybridized carbons (Fsp3) is 0.231. The summed E-state index contributed by atoms with van der Waals surface area (Å²) in [4.78, 5) is 8.69. The molecule has 0 atom stereocenters. The topological polar surface area (TPSA) is 51.8 Å². The number of nitrogens with two attached hydrogens (primary N) is 1. The van der Waals surface area contributed by atoms with Crippen molar-refractivity contribution in [2.45, 2.75) is 23.4 Å². The Morgan fingerprint density at radius 1 is 1.33 bits per heavy atom. The first kappa shape index (κ1) is 13.3. The van der Waals surface area contributed by atoms with Crippen LogP contribution < -0.4 is 5.73 Å². The third-order valence-electron chi connectivity index (χ3n) is 2.44. The molecule has 94 valence electrons. The monoisotopic (exact) mass is 279 g/mol. The zero-order chi connectivity index (χ0) is 13.0. The predicted molar refractivity (Wildman–Crippen MR) is 75.1 cm³/mol. The molecule has 0 saturated carbocycles. The molecular formula is C13H14ClN3S. The third-order valence-corrected chi connectivity index (χ3v) is 3.99. The minimum absolute atomic E-state index is 0.639. The molecule has 5 heteroatoms. The number of hydrogen-bond donors (Lipinski definition) is 1. The van der Waals surface area contributed by atoms with E-state index in [4.69, 9.17) is 17.3 Å². The van der Waals surface area contributed by atoms with Crippen LogP contribution in [0.1, 0.15) is 11.1 Å². The Hall–Kier alpha value is -1.10. The van der Waals surface area contributed by atoms with E-state index in [-0.39, 0.29) is 0 Å². The van der Waals surface area contributed by atoms with Gasteiger partial charge in [0, 0.05) is 12.4 Å². The lowest BCUT2D eigenvalue weighted by atomic mass is 10.2. The summed E-state index contributed by atoms with van der Waals surface area (Å²) < 4.78 is 0. The van der Waals surface area contributed by atoms with Crippen LogP contribution in [0.15, 0.2) is 40.6 Å². The highest BCUT2D eigenvalue weighted by Gasteiger charge is 2.07. The predicted octanol–water partition coefficient (Wildman–Crippen LogP) is 3.09. The largest absolute Gasteiger partial charge is 0.330 e. The molecule has 0 amide bonds. The second-order valence-electron chi connectivity index (χ2n) is 3.90. The molecule has 0 spiro atoms. The van der Waals surface area contributed by atoms with E-state index in [2.05, 4.69) is 16.0 Å². The van der Waals surface area contributed by atoms with Crippen molar-refractivity contribution in [3.05, 3.63) is 46.7 Å². The molecule has 0 aliphatic carbocycles. The highest BCUT2D eigenvalue weighted by atomic mass is 35.5. The average Bonchev–Trinajstić information content (AvgIpc) is 2.35. The van der Waals surface area contributed by atoms with E-state index in [0.29, 0.717) is 11.6 Å². The van der Waals surface area contributed by atoms with Crippen molar-refractivity contribution in [3.63, 3.8) is 0 Å². The molecule has 0 fully saturated rings. The van der Waals surface area contributed by atoms with Crippen molar-refractivity contribution >= 4 is 23.4 Å². The summed E-state index contributed by atoms with van der Waals surface area (Å²) in [5.41, 5.74) is 7.81. The summed E-state index contributed by atoms with van der Waals surface area (Å²) in [5.74, 6) is 0. The maximum atomic E-state index is 6.08. The van der Waals surface area contributed by atoms with E-state index in [1.807, 2.05) is 25.3 Å². The first-order valence-electron chi connectivity index (χ1n) is 5.64. The van der Waals surface area contributed by atoms with Crippen molar-refractivity contribution in [2.24, 2.45) is 5.73 Å². The lowest BCUT2D eigenvalue weighted by Crippen LogP contribution is -2.03. The van der Waals surface area contributed by atoms with Gasteiger partial charge in [-0.05, 0) is 54.9 Å². The Bertz CT molecular complexity index is 546. The lowest BCUT2D eigenvalue weighted by molar-refractivity contribution is 0.934. The maximum Gasteiger partial charge on any atom is 0.121 e. The van der Waals surface area contributed by atoms with Gasteiger partial charge in [0.1, 0.15) is 10.1 Å². The average molecular weight is 280 g/mol. The zero-order valence-electron chi connectivity index (χ0n) is 10.1. The van der Waals surface area contributed by atoms with Crippen LogP contribution in [-0.4, -0.2) is 16.5 Å². The normalized spacial score (nSPS) is 10.6. The number of halogens is 1. The molecule has 2 rings (SSSR count). The summed E-state index contributed by atoms with van der Waals surface area (Å²) in [6, 6.07) is 5.76. The SMILES string of the molecule is Cc1cc(CCN)cnc1Sc1ncccc1Cl. The fourth-order valence-electron chi connectivity index (χ4n) is 1.57. The summed E-state index contributed by atoms with van der Waals surface area (Å²) in [5, 5.41) is 2.35. The van der Waals surface area contributed by atoms with Crippen molar-refractivity contribution in [2.75, 3.05) is 6.54 Å². The van der Waals surface area contributed by atoms with Gasteiger partial charge in [0.2, 0.25) is 0 Å². The molecule has 0 bridgehead atoms. The first-order valence-corrected chi connectivity index (χ1v) is 6.84. The van der Waals surface area contributed by atoms with Crippen molar-refractivity contribution in [1.82, 2.24) is 9.97 Å². The third kappa shape index (κ3) is 3.22. The number of hydrogen-bond acceptors (Lipinski definition) is 4. The smallest absolute Gasteiger partial charge is 0.121 e. The van der Waals surface area contributed by atoms with E-state index in [1.165, 1.54) is 11.8 Å². The molecule has 2 aromatic heterocycles. The van der Waals surface area contributed by atoms with Gasteiger partial charge in [-0.1, -0.05) is 17.7 Å². The van der Waals surface area contributed by atoms with Crippen LogP contribution in [0.4, 0.5) is 0 Å². The van der Waals surface area contributed by atoms with Crippen LogP contribution in [0.2, 0.25) is 5.02 Å². The highest BCUT2D eigenvalue weighted by molar-refractivity contribution is 7.99. The molecule has 3 nitrogen and oxygen atoms in total. The van der Waals surface area contributed by atoms with Crippen molar-refractivity contribution < 1.29 is 0 Å². The molecule has 0 aromatic carbocycles. The highest BCUT2D eigenvalue weighted by Crippen LogP contribution is 2.31. The minimum atomic E-state index is 0.639. The van der Waals surface area contributed by atoms with Crippen LogP contribution in [0.25, 0.3) is 0 Å². The van der Waals surface area contributed by atoms with Gasteiger partial charge in [-0.2, -0.15) is 0 Å². The Kier molecular flexibility index (Phi) is 4.58. The second kappa shape index (κ2) is 6.18. The van der Waals surface area contributed by atoms with Crippen LogP contribution >= 0.6 is 23.4 Å². The summed E-state index contributed by atoms with van der Waals surface area (Å²) in [6.07, 6.45) is 4.44. The van der Waals surface area contributed by atoms with Gasteiger partial charge in [-0.15, -0.1) is 0 Å². The van der Waals surface area contributed by atoms with Gasteiger partial charge in [0.15, 0.2) is 0 Å². The maximum absolute atomic E-state index is 6.08. The number of rotatable bonds is 4. The van der Waals surface area contributed by atoms with Gasteiger partial charge >= 0.3 is 0 Å². The van der Waals surface area contributed by atoms with Gasteiger partial charge in [-0.25, -0.2) is 9.97 Å². The van der Waals surface area contributed by atoms with Gasteiger partial charge in [0.25, 0.3) is 0 Å². The van der Waals surface area contributed by atoms with E-state index >= 15 is 0 Å². The van der Waals surface area contributed by atoms with Crippen LogP contribution in [0.5, 0.6) is 0 Å². The molecule has 0 aliphatic heterocycles. The summed E-state index contributed by atoms with van der Waals surface area (Å²) in [7, 11) is 0. The van der Waals surface area contributed by atoms with Crippen molar-refractivity contribution in [3.8, 4) is 0 Å². The number of pyridine rings is 2.